The van der Waals surface area contributed by atoms with Crippen molar-refractivity contribution in [3.05, 3.63) is 73.6 Å². The Kier molecular flexibility index (Phi) is 5.11. The van der Waals surface area contributed by atoms with Gasteiger partial charge in [0.15, 0.2) is 5.78 Å². The van der Waals surface area contributed by atoms with E-state index in [1.54, 1.807) is 38.2 Å². The van der Waals surface area contributed by atoms with Crippen LogP contribution in [0.15, 0.2) is 36.5 Å². The molecule has 0 unspecified atom stereocenters. The summed E-state index contributed by atoms with van der Waals surface area (Å²) >= 11 is 12.1. The smallest absolute Gasteiger partial charge is 0.332 e. The van der Waals surface area contributed by atoms with E-state index in [1.165, 1.54) is 16.9 Å². The molecule has 0 radical (unpaired) electrons. The van der Waals surface area contributed by atoms with Crippen LogP contribution >= 0.6 is 23.2 Å². The molecule has 27 heavy (non-hydrogen) atoms. The van der Waals surface area contributed by atoms with Crippen LogP contribution in [-0.4, -0.2) is 25.5 Å². The van der Waals surface area contributed by atoms with E-state index >= 15 is 0 Å². The molecule has 0 saturated carbocycles. The maximum absolute atomic E-state index is 12.9. The summed E-state index contributed by atoms with van der Waals surface area (Å²) in [6.45, 7) is 1.58. The van der Waals surface area contributed by atoms with Gasteiger partial charge in [0.2, 0.25) is 5.82 Å². The summed E-state index contributed by atoms with van der Waals surface area (Å²) in [7, 11) is 1.59. The fourth-order valence-corrected chi connectivity index (χ4v) is 2.91. The predicted molar refractivity (Wildman–Crippen MR) is 102 cm³/mol. The zero-order valence-corrected chi connectivity index (χ0v) is 15.7. The minimum atomic E-state index is -0.539. The van der Waals surface area contributed by atoms with Gasteiger partial charge in [0.05, 0.1) is 21.2 Å². The van der Waals surface area contributed by atoms with E-state index in [2.05, 4.69) is 15.4 Å². The first-order valence-electron chi connectivity index (χ1n) is 7.69. The molecule has 138 valence electrons. The summed E-state index contributed by atoms with van der Waals surface area (Å²) < 4.78 is 1.37. The Morgan fingerprint density at radius 1 is 1.26 bits per heavy atom. The van der Waals surface area contributed by atoms with E-state index in [4.69, 9.17) is 23.2 Å². The maximum atomic E-state index is 12.9. The molecule has 2 heterocycles. The number of nitro groups is 1. The van der Waals surface area contributed by atoms with Crippen molar-refractivity contribution in [2.24, 2.45) is 7.05 Å². The number of ketones is 1. The molecule has 2 aromatic heterocycles. The van der Waals surface area contributed by atoms with Gasteiger partial charge in [-0.25, -0.2) is 4.98 Å². The van der Waals surface area contributed by atoms with Crippen LogP contribution in [0.5, 0.6) is 0 Å². The third-order valence-electron chi connectivity index (χ3n) is 3.97. The Labute approximate surface area is 163 Å². The van der Waals surface area contributed by atoms with Crippen LogP contribution in [0.1, 0.15) is 21.6 Å². The fourth-order valence-electron chi connectivity index (χ4n) is 2.53. The predicted octanol–water partition coefficient (Wildman–Crippen LogP) is 4.31. The van der Waals surface area contributed by atoms with Crippen LogP contribution in [-0.2, 0) is 7.05 Å². The molecule has 0 aliphatic heterocycles. The van der Waals surface area contributed by atoms with Crippen molar-refractivity contribution in [1.82, 2.24) is 14.8 Å². The molecule has 1 aromatic carbocycles. The van der Waals surface area contributed by atoms with Crippen molar-refractivity contribution in [3.8, 4) is 0 Å². The van der Waals surface area contributed by atoms with Gasteiger partial charge in [-0.1, -0.05) is 35.3 Å². The molecule has 0 aliphatic rings. The van der Waals surface area contributed by atoms with Crippen molar-refractivity contribution >= 4 is 46.2 Å². The quantitative estimate of drug-likeness (QED) is 0.293. The lowest BCUT2D eigenvalue weighted by Gasteiger charge is -2.10. The van der Waals surface area contributed by atoms with Gasteiger partial charge in [-0.3, -0.25) is 19.6 Å². The zero-order chi connectivity index (χ0) is 19.7. The van der Waals surface area contributed by atoms with Crippen LogP contribution < -0.4 is 5.32 Å². The van der Waals surface area contributed by atoms with Crippen molar-refractivity contribution in [2.75, 3.05) is 5.32 Å². The molecule has 0 fully saturated rings. The number of nitrogens with zero attached hydrogens (tertiary/aromatic N) is 4. The number of benzene rings is 1. The van der Waals surface area contributed by atoms with Gasteiger partial charge >= 0.3 is 5.69 Å². The average Bonchev–Trinajstić information content (AvgIpc) is 2.89. The van der Waals surface area contributed by atoms with Gasteiger partial charge in [-0.2, -0.15) is 0 Å². The highest BCUT2D eigenvalue weighted by Crippen LogP contribution is 2.32. The molecular formula is C17H13Cl2N5O3. The molecule has 0 amide bonds. The molecule has 0 saturated heterocycles. The second-order valence-corrected chi connectivity index (χ2v) is 6.44. The summed E-state index contributed by atoms with van der Waals surface area (Å²) in [5, 5.41) is 18.7. The first-order chi connectivity index (χ1) is 12.8. The molecule has 1 N–H and O–H groups in total. The minimum Gasteiger partial charge on any atom is -0.332 e. The monoisotopic (exact) mass is 405 g/mol. The topological polar surface area (TPSA) is 103 Å². The molecule has 8 nitrogen and oxygen atoms in total. The summed E-state index contributed by atoms with van der Waals surface area (Å²) in [5.41, 5.74) is 0.840. The van der Waals surface area contributed by atoms with E-state index in [9.17, 15) is 14.9 Å². The molecule has 0 bridgehead atoms. The number of rotatable bonds is 5. The maximum Gasteiger partial charge on any atom is 0.333 e. The van der Waals surface area contributed by atoms with Crippen LogP contribution in [0.3, 0.4) is 0 Å². The number of pyridine rings is 1. The van der Waals surface area contributed by atoms with Gasteiger partial charge in [-0.15, -0.1) is 5.10 Å². The normalized spacial score (nSPS) is 10.7. The Balaban J connectivity index is 2.09. The number of nitrogens with one attached hydrogen (secondary N) is 1. The first-order valence-corrected chi connectivity index (χ1v) is 8.45. The van der Waals surface area contributed by atoms with Gasteiger partial charge < -0.3 is 5.32 Å². The highest BCUT2D eigenvalue weighted by molar-refractivity contribution is 6.35. The average molecular weight is 406 g/mol. The Morgan fingerprint density at radius 2 is 1.96 bits per heavy atom. The van der Waals surface area contributed by atoms with E-state index in [1.807, 2.05) is 0 Å². The van der Waals surface area contributed by atoms with E-state index in [-0.39, 0.29) is 38.5 Å². The lowest BCUT2D eigenvalue weighted by atomic mass is 10.0. The standard InChI is InChI=1S/C17H13Cl2N5O3/c1-9-15(24(26)27)17(22-23(9)2)21-13-7-14(19)20-8-11(13)16(25)10-5-3-4-6-12(10)18/h3-8H,1-2H3,(H,20,21,22). The molecule has 3 rings (SSSR count). The number of aryl methyl sites for hydroxylation is 1. The SMILES string of the molecule is Cc1c([N+](=O)[O-])c(Nc2cc(Cl)ncc2C(=O)c2ccccc2Cl)nn1C. The molecule has 0 atom stereocenters. The Bertz CT molecular complexity index is 1060. The third kappa shape index (κ3) is 3.62. The van der Waals surface area contributed by atoms with Gasteiger partial charge in [-0.05, 0) is 25.1 Å². The molecule has 0 aliphatic carbocycles. The molecular weight excluding hydrogens is 393 g/mol. The van der Waals surface area contributed by atoms with E-state index < -0.39 is 10.7 Å². The minimum absolute atomic E-state index is 0.00419. The van der Waals surface area contributed by atoms with Crippen LogP contribution in [0.2, 0.25) is 10.2 Å². The summed E-state index contributed by atoms with van der Waals surface area (Å²) in [6.07, 6.45) is 1.29. The number of carbonyl (C=O) groups excluding carboxylic acids is 1. The van der Waals surface area contributed by atoms with Crippen molar-refractivity contribution in [2.45, 2.75) is 6.92 Å². The molecule has 0 spiro atoms. The van der Waals surface area contributed by atoms with Gasteiger partial charge in [0.25, 0.3) is 0 Å². The van der Waals surface area contributed by atoms with Gasteiger partial charge in [0, 0.05) is 18.8 Å². The van der Waals surface area contributed by atoms with E-state index in [0.717, 1.165) is 0 Å². The lowest BCUT2D eigenvalue weighted by Crippen LogP contribution is -2.08. The molecule has 3 aromatic rings. The van der Waals surface area contributed by atoms with Crippen LogP contribution in [0, 0.1) is 17.0 Å². The Hall–Kier alpha value is -2.97. The van der Waals surface area contributed by atoms with Crippen molar-refractivity contribution < 1.29 is 9.72 Å². The number of aromatic nitrogens is 3. The first kappa shape index (κ1) is 18.8. The number of anilines is 2. The number of halogens is 2. The number of hydrogen-bond acceptors (Lipinski definition) is 6. The summed E-state index contributed by atoms with van der Waals surface area (Å²) in [4.78, 5) is 27.7. The second kappa shape index (κ2) is 7.34. The number of hydrogen-bond donors (Lipinski definition) is 1. The fraction of sp³-hybridized carbons (Fsp3) is 0.118. The van der Waals surface area contributed by atoms with Crippen molar-refractivity contribution in [3.63, 3.8) is 0 Å². The largest absolute Gasteiger partial charge is 0.333 e. The summed E-state index contributed by atoms with van der Waals surface area (Å²) in [5.74, 6) is -0.405. The lowest BCUT2D eigenvalue weighted by molar-refractivity contribution is -0.384. The van der Waals surface area contributed by atoms with Crippen LogP contribution in [0.4, 0.5) is 17.2 Å². The zero-order valence-electron chi connectivity index (χ0n) is 14.2. The second-order valence-electron chi connectivity index (χ2n) is 5.65. The van der Waals surface area contributed by atoms with Gasteiger partial charge in [0.1, 0.15) is 10.8 Å². The third-order valence-corrected chi connectivity index (χ3v) is 4.51. The highest BCUT2D eigenvalue weighted by Gasteiger charge is 2.26. The van der Waals surface area contributed by atoms with Crippen LogP contribution in [0.25, 0.3) is 0 Å². The number of carbonyl (C=O) groups is 1. The van der Waals surface area contributed by atoms with E-state index in [0.29, 0.717) is 5.69 Å². The molecule has 10 heteroatoms. The van der Waals surface area contributed by atoms with Crippen molar-refractivity contribution in [1.29, 1.82) is 0 Å². The highest BCUT2D eigenvalue weighted by atomic mass is 35.5. The Morgan fingerprint density at radius 3 is 2.63 bits per heavy atom. The summed E-state index contributed by atoms with van der Waals surface area (Å²) in [6, 6.07) is 7.97.